The zero-order valence-electron chi connectivity index (χ0n) is 4.15. The topological polar surface area (TPSA) is 0 Å². The normalized spacial score (nSPS) is 11.8. The molecule has 0 aromatic rings. The molecule has 0 nitrogen and oxygen atoms in total. The molecule has 0 unspecified atom stereocenters. The van der Waals surface area contributed by atoms with E-state index in [2.05, 4.69) is 22.4 Å². The third-order valence-corrected chi connectivity index (χ3v) is 0. The minimum atomic E-state index is -1.12. The van der Waals surface area contributed by atoms with Crippen molar-refractivity contribution in [1.82, 2.24) is 0 Å². The SMILES string of the molecule is C=[As](C)(C)C. The van der Waals surface area contributed by atoms with E-state index >= 15 is 0 Å². The molecular weight excluding hydrogens is 123 g/mol. The first kappa shape index (κ1) is 5.43. The summed E-state index contributed by atoms with van der Waals surface area (Å²) in [5.41, 5.74) is 6.74. The second-order valence-corrected chi connectivity index (χ2v) is 11.9. The van der Waals surface area contributed by atoms with E-state index in [0.29, 0.717) is 0 Å². The first-order valence-electron chi connectivity index (χ1n) is 1.66. The van der Waals surface area contributed by atoms with Gasteiger partial charge in [0.25, 0.3) is 0 Å². The van der Waals surface area contributed by atoms with Crippen LogP contribution in [-0.2, 0) is 0 Å². The Morgan fingerprint density at radius 2 is 1.20 bits per heavy atom. The fourth-order valence-corrected chi connectivity index (χ4v) is 0. The average Bonchev–Trinajstić information content (AvgIpc) is 0.722. The second-order valence-electron chi connectivity index (χ2n) is 2.29. The van der Waals surface area contributed by atoms with Crippen LogP contribution in [0.4, 0.5) is 0 Å². The van der Waals surface area contributed by atoms with E-state index in [1.54, 1.807) is 0 Å². The molecule has 0 N–H and O–H groups in total. The molecule has 32 valence electrons. The molecule has 0 aliphatic rings. The van der Waals surface area contributed by atoms with E-state index in [1.807, 2.05) is 0 Å². The molecule has 0 aromatic heterocycles. The van der Waals surface area contributed by atoms with Crippen molar-refractivity contribution in [2.75, 3.05) is 0 Å². The molecule has 5 heavy (non-hydrogen) atoms. The Bertz CT molecular complexity index is 49.8. The fourth-order valence-electron chi connectivity index (χ4n) is 0. The maximum atomic E-state index is 3.94. The Morgan fingerprint density at radius 3 is 1.20 bits per heavy atom. The van der Waals surface area contributed by atoms with Crippen molar-refractivity contribution in [3.05, 3.63) is 0 Å². The molecule has 0 spiro atoms. The van der Waals surface area contributed by atoms with Crippen molar-refractivity contribution < 1.29 is 0 Å². The number of hydrogen-bond donors (Lipinski definition) is 0. The van der Waals surface area contributed by atoms with Crippen LogP contribution in [0.15, 0.2) is 0 Å². The third-order valence-electron chi connectivity index (χ3n) is 0. The van der Waals surface area contributed by atoms with Gasteiger partial charge in [-0.2, -0.15) is 0 Å². The monoisotopic (exact) mass is 134 g/mol. The molecule has 0 aliphatic carbocycles. The molecule has 0 bridgehead atoms. The number of hydrogen-bond acceptors (Lipinski definition) is 0. The van der Waals surface area contributed by atoms with Crippen LogP contribution in [0, 0.1) is 0 Å². The van der Waals surface area contributed by atoms with Crippen molar-refractivity contribution in [2.45, 2.75) is 17.1 Å². The summed E-state index contributed by atoms with van der Waals surface area (Å²) in [4.78, 5) is 0. The van der Waals surface area contributed by atoms with Crippen LogP contribution >= 0.6 is 0 Å². The average molecular weight is 134 g/mol. The van der Waals surface area contributed by atoms with Gasteiger partial charge in [-0.05, 0) is 0 Å². The van der Waals surface area contributed by atoms with Gasteiger partial charge in [0.2, 0.25) is 0 Å². The maximum absolute atomic E-state index is 3.94. The van der Waals surface area contributed by atoms with Gasteiger partial charge in [0, 0.05) is 0 Å². The van der Waals surface area contributed by atoms with Gasteiger partial charge in [0.1, 0.15) is 0 Å². The quantitative estimate of drug-likeness (QED) is 0.438. The Balaban J connectivity index is 3.47. The molecule has 0 atom stereocenters. The van der Waals surface area contributed by atoms with Crippen LogP contribution in [0.3, 0.4) is 0 Å². The van der Waals surface area contributed by atoms with Crippen molar-refractivity contribution in [3.63, 3.8) is 0 Å². The predicted octanol–water partition coefficient (Wildman–Crippen LogP) is 1.34. The van der Waals surface area contributed by atoms with Crippen LogP contribution in [-0.4, -0.2) is 18.4 Å². The third kappa shape index (κ3) is 142. The van der Waals surface area contributed by atoms with Crippen LogP contribution in [0.25, 0.3) is 0 Å². The molecule has 0 aromatic carbocycles. The summed E-state index contributed by atoms with van der Waals surface area (Å²) in [5, 5.41) is 3.94. The van der Waals surface area contributed by atoms with Crippen molar-refractivity contribution in [2.24, 2.45) is 0 Å². The summed E-state index contributed by atoms with van der Waals surface area (Å²) < 4.78 is 0. The van der Waals surface area contributed by atoms with Gasteiger partial charge in [0.15, 0.2) is 0 Å². The van der Waals surface area contributed by atoms with Gasteiger partial charge < -0.3 is 0 Å². The second kappa shape index (κ2) is 1.26. The van der Waals surface area contributed by atoms with E-state index in [0.717, 1.165) is 0 Å². The van der Waals surface area contributed by atoms with Gasteiger partial charge in [-0.1, -0.05) is 0 Å². The fraction of sp³-hybridized carbons (Fsp3) is 0.750. The molecule has 0 aliphatic heterocycles. The molecule has 0 amide bonds. The molecule has 0 fully saturated rings. The van der Waals surface area contributed by atoms with Crippen LogP contribution < -0.4 is 0 Å². The van der Waals surface area contributed by atoms with Gasteiger partial charge >= 0.3 is 35.6 Å². The Morgan fingerprint density at radius 1 is 1.20 bits per heavy atom. The molecule has 0 saturated heterocycles. The van der Waals surface area contributed by atoms with Gasteiger partial charge in [-0.3, -0.25) is 0 Å². The molecule has 0 heterocycles. The number of rotatable bonds is 0. The Labute approximate surface area is 36.2 Å². The van der Waals surface area contributed by atoms with Crippen LogP contribution in [0.1, 0.15) is 0 Å². The minimum absolute atomic E-state index is 1.12. The summed E-state index contributed by atoms with van der Waals surface area (Å²) >= 11 is -1.12. The van der Waals surface area contributed by atoms with Crippen LogP contribution in [0.2, 0.25) is 17.1 Å². The summed E-state index contributed by atoms with van der Waals surface area (Å²) in [6.45, 7) is 0. The summed E-state index contributed by atoms with van der Waals surface area (Å²) in [7, 11) is 0. The zero-order chi connectivity index (χ0) is 4.50. The van der Waals surface area contributed by atoms with Gasteiger partial charge in [-0.25, -0.2) is 0 Å². The molecule has 0 rings (SSSR count). The molecule has 1 heteroatoms. The summed E-state index contributed by atoms with van der Waals surface area (Å²) in [5.74, 6) is 0. The van der Waals surface area contributed by atoms with Crippen molar-refractivity contribution >= 4 is 18.4 Å². The van der Waals surface area contributed by atoms with E-state index < -0.39 is 13.1 Å². The summed E-state index contributed by atoms with van der Waals surface area (Å²) in [6, 6.07) is 0. The van der Waals surface area contributed by atoms with Crippen LogP contribution in [0.5, 0.6) is 0 Å². The standard InChI is InChI=1S/C4H11As/c1-5(2,3)4/h1H2,2-4H3. The first-order valence-corrected chi connectivity index (χ1v) is 8.61. The predicted molar refractivity (Wildman–Crippen MR) is 30.5 cm³/mol. The van der Waals surface area contributed by atoms with E-state index in [1.165, 1.54) is 0 Å². The van der Waals surface area contributed by atoms with E-state index in [4.69, 9.17) is 0 Å². The Kier molecular flexibility index (Phi) is 1.37. The first-order chi connectivity index (χ1) is 2.00. The van der Waals surface area contributed by atoms with Gasteiger partial charge in [0.05, 0.1) is 0 Å². The zero-order valence-corrected chi connectivity index (χ0v) is 6.03. The molecular formula is C4H11As. The van der Waals surface area contributed by atoms with Gasteiger partial charge in [-0.15, -0.1) is 0 Å². The Hall–Kier alpha value is 0.428. The van der Waals surface area contributed by atoms with Crippen molar-refractivity contribution in [3.8, 4) is 0 Å². The summed E-state index contributed by atoms with van der Waals surface area (Å²) in [6.07, 6.45) is 0. The molecule has 0 saturated carbocycles. The van der Waals surface area contributed by atoms with Crippen molar-refractivity contribution in [1.29, 1.82) is 0 Å². The van der Waals surface area contributed by atoms with E-state index in [9.17, 15) is 0 Å². The molecule has 0 radical (unpaired) electrons. The van der Waals surface area contributed by atoms with E-state index in [-0.39, 0.29) is 0 Å².